The summed E-state index contributed by atoms with van der Waals surface area (Å²) in [6.45, 7) is 1.85. The van der Waals surface area contributed by atoms with E-state index in [9.17, 15) is 15.2 Å². The van der Waals surface area contributed by atoms with Crippen molar-refractivity contribution in [3.63, 3.8) is 0 Å². The van der Waals surface area contributed by atoms with E-state index in [1.54, 1.807) is 6.92 Å². The van der Waals surface area contributed by atoms with Crippen LogP contribution in [0.3, 0.4) is 0 Å². The minimum absolute atomic E-state index is 0.0887. The Kier molecular flexibility index (Phi) is 3.43. The molecule has 0 saturated carbocycles. The van der Waals surface area contributed by atoms with Gasteiger partial charge in [-0.2, -0.15) is 0 Å². The molecule has 0 aliphatic heterocycles. The van der Waals surface area contributed by atoms with Crippen molar-refractivity contribution in [2.24, 2.45) is 0 Å². The molecule has 1 rings (SSSR count). The van der Waals surface area contributed by atoms with Crippen molar-refractivity contribution in [2.45, 2.75) is 19.6 Å². The van der Waals surface area contributed by atoms with Gasteiger partial charge in [0, 0.05) is 6.92 Å². The van der Waals surface area contributed by atoms with Gasteiger partial charge in [-0.25, -0.2) is 0 Å². The zero-order valence-electron chi connectivity index (χ0n) is 7.55. The van der Waals surface area contributed by atoms with Gasteiger partial charge in [-0.15, -0.1) is 11.6 Å². The molecule has 0 unspecified atom stereocenters. The van der Waals surface area contributed by atoms with Crippen LogP contribution in [0.15, 0.2) is 6.20 Å². The normalized spacial score (nSPS) is 12.8. The second-order valence-corrected chi connectivity index (χ2v) is 3.17. The van der Waals surface area contributed by atoms with Gasteiger partial charge < -0.3 is 19.8 Å². The predicted molar refractivity (Wildman–Crippen MR) is 50.3 cm³/mol. The van der Waals surface area contributed by atoms with E-state index >= 15 is 0 Å². The molecule has 0 fully saturated rings. The molecule has 1 N–H and O–H groups in total. The quantitative estimate of drug-likeness (QED) is 0.459. The highest BCUT2D eigenvalue weighted by atomic mass is 35.5. The van der Waals surface area contributed by atoms with E-state index in [1.807, 2.05) is 0 Å². The van der Waals surface area contributed by atoms with Crippen molar-refractivity contribution in [3.8, 4) is 0 Å². The predicted octanol–water partition coefficient (Wildman–Crippen LogP) is 0.699. The van der Waals surface area contributed by atoms with E-state index in [0.29, 0.717) is 5.82 Å². The van der Waals surface area contributed by atoms with Crippen LogP contribution in [0.1, 0.15) is 5.82 Å². The lowest BCUT2D eigenvalue weighted by Crippen LogP contribution is -2.17. The molecular formula is C7H10ClN3O3. The molecule has 1 atom stereocenters. The first-order valence-electron chi connectivity index (χ1n) is 3.96. The van der Waals surface area contributed by atoms with Crippen molar-refractivity contribution >= 4 is 17.4 Å². The fourth-order valence-electron chi connectivity index (χ4n) is 1.04. The molecule has 0 aromatic carbocycles. The molecule has 1 aromatic heterocycles. The van der Waals surface area contributed by atoms with E-state index < -0.39 is 11.0 Å². The Morgan fingerprint density at radius 2 is 2.50 bits per heavy atom. The summed E-state index contributed by atoms with van der Waals surface area (Å²) in [4.78, 5) is 13.5. The van der Waals surface area contributed by atoms with Crippen LogP contribution in [0, 0.1) is 17.0 Å². The van der Waals surface area contributed by atoms with Gasteiger partial charge in [-0.05, 0) is 9.91 Å². The molecule has 0 aliphatic carbocycles. The second-order valence-electron chi connectivity index (χ2n) is 2.86. The van der Waals surface area contributed by atoms with Gasteiger partial charge in [0.25, 0.3) is 0 Å². The molecule has 6 nitrogen and oxygen atoms in total. The van der Waals surface area contributed by atoms with Crippen LogP contribution in [0.25, 0.3) is 0 Å². The number of aromatic nitrogens is 2. The molecule has 0 bridgehead atoms. The van der Waals surface area contributed by atoms with Crippen LogP contribution >= 0.6 is 11.6 Å². The number of halogens is 1. The zero-order chi connectivity index (χ0) is 10.7. The highest BCUT2D eigenvalue weighted by molar-refractivity contribution is 6.18. The fraction of sp³-hybridized carbons (Fsp3) is 0.571. The number of nitrogens with zero attached hydrogens (tertiary/aromatic N) is 3. The van der Waals surface area contributed by atoms with Crippen LogP contribution in [0.5, 0.6) is 0 Å². The number of aliphatic hydroxyl groups is 1. The Morgan fingerprint density at radius 1 is 1.86 bits per heavy atom. The molecule has 0 saturated heterocycles. The number of hydrogen-bond acceptors (Lipinski definition) is 4. The van der Waals surface area contributed by atoms with Gasteiger partial charge in [0.1, 0.15) is 6.20 Å². The summed E-state index contributed by atoms with van der Waals surface area (Å²) in [6, 6.07) is 0. The zero-order valence-corrected chi connectivity index (χ0v) is 8.31. The standard InChI is InChI=1S/C7H10ClN3O3/c1-5-9-7(11(13)14)4-10(5)3-6(12)2-8/h4,6,12H,2-3H2,1H3/t6-/m1/s1. The minimum atomic E-state index is -0.718. The van der Waals surface area contributed by atoms with Crippen molar-refractivity contribution in [3.05, 3.63) is 22.1 Å². The second kappa shape index (κ2) is 4.39. The summed E-state index contributed by atoms with van der Waals surface area (Å²) in [6.07, 6.45) is 0.564. The Morgan fingerprint density at radius 3 is 2.93 bits per heavy atom. The summed E-state index contributed by atoms with van der Waals surface area (Å²) in [5.74, 6) is 0.357. The van der Waals surface area contributed by atoms with Crippen LogP contribution in [0.4, 0.5) is 5.82 Å². The smallest absolute Gasteiger partial charge is 0.381 e. The van der Waals surface area contributed by atoms with E-state index in [0.717, 1.165) is 0 Å². The summed E-state index contributed by atoms with van der Waals surface area (Å²) in [5, 5.41) is 19.6. The summed E-state index contributed by atoms with van der Waals surface area (Å²) in [7, 11) is 0. The number of aliphatic hydroxyl groups excluding tert-OH is 1. The number of alkyl halides is 1. The lowest BCUT2D eigenvalue weighted by molar-refractivity contribution is -0.389. The summed E-state index contributed by atoms with van der Waals surface area (Å²) in [5.41, 5.74) is 0. The Bertz CT molecular complexity index is 339. The minimum Gasteiger partial charge on any atom is -0.390 e. The van der Waals surface area contributed by atoms with Crippen LogP contribution in [0.2, 0.25) is 0 Å². The number of hydrogen-bond donors (Lipinski definition) is 1. The first-order valence-corrected chi connectivity index (χ1v) is 4.50. The first kappa shape index (κ1) is 10.9. The summed E-state index contributed by atoms with van der Waals surface area (Å²) < 4.78 is 1.51. The fourth-order valence-corrected chi connectivity index (χ4v) is 1.14. The van der Waals surface area contributed by atoms with Crippen molar-refractivity contribution in [2.75, 3.05) is 5.88 Å². The largest absolute Gasteiger partial charge is 0.390 e. The molecular weight excluding hydrogens is 210 g/mol. The van der Waals surface area contributed by atoms with Crippen LogP contribution in [-0.4, -0.2) is 31.6 Å². The number of rotatable bonds is 4. The lowest BCUT2D eigenvalue weighted by atomic mass is 10.4. The molecule has 0 radical (unpaired) electrons. The van der Waals surface area contributed by atoms with E-state index in [2.05, 4.69) is 4.98 Å². The van der Waals surface area contributed by atoms with Gasteiger partial charge in [-0.3, -0.25) is 0 Å². The third kappa shape index (κ3) is 2.43. The van der Waals surface area contributed by atoms with Crippen LogP contribution in [-0.2, 0) is 6.54 Å². The first-order chi connectivity index (χ1) is 6.54. The van der Waals surface area contributed by atoms with Crippen molar-refractivity contribution in [1.29, 1.82) is 0 Å². The molecule has 78 valence electrons. The number of imidazole rings is 1. The maximum absolute atomic E-state index is 10.4. The Hall–Kier alpha value is -1.14. The third-order valence-electron chi connectivity index (χ3n) is 1.74. The number of nitro groups is 1. The third-order valence-corrected chi connectivity index (χ3v) is 2.09. The molecule has 0 spiro atoms. The topological polar surface area (TPSA) is 81.2 Å². The van der Waals surface area contributed by atoms with Gasteiger partial charge in [0.05, 0.1) is 18.5 Å². The highest BCUT2D eigenvalue weighted by Crippen LogP contribution is 2.10. The average Bonchev–Trinajstić information content (AvgIpc) is 2.48. The van der Waals surface area contributed by atoms with E-state index in [-0.39, 0.29) is 18.2 Å². The SMILES string of the molecule is Cc1nc([N+](=O)[O-])cn1C[C@H](O)CCl. The molecule has 1 heterocycles. The molecule has 1 aromatic rings. The van der Waals surface area contributed by atoms with Gasteiger partial charge >= 0.3 is 5.82 Å². The van der Waals surface area contributed by atoms with Gasteiger partial charge in [0.15, 0.2) is 0 Å². The maximum Gasteiger partial charge on any atom is 0.381 e. The lowest BCUT2D eigenvalue weighted by Gasteiger charge is -2.06. The average molecular weight is 220 g/mol. The van der Waals surface area contributed by atoms with E-state index in [1.165, 1.54) is 10.8 Å². The van der Waals surface area contributed by atoms with Gasteiger partial charge in [-0.1, -0.05) is 0 Å². The monoisotopic (exact) mass is 219 g/mol. The van der Waals surface area contributed by atoms with Crippen molar-refractivity contribution < 1.29 is 10.0 Å². The van der Waals surface area contributed by atoms with E-state index in [4.69, 9.17) is 11.6 Å². The van der Waals surface area contributed by atoms with Crippen molar-refractivity contribution in [1.82, 2.24) is 9.55 Å². The Labute approximate surface area is 85.3 Å². The molecule has 7 heteroatoms. The van der Waals surface area contributed by atoms with Crippen LogP contribution < -0.4 is 0 Å². The summed E-state index contributed by atoms with van der Waals surface area (Å²) >= 11 is 5.41. The highest BCUT2D eigenvalue weighted by Gasteiger charge is 2.16. The molecule has 0 amide bonds. The Balaban J connectivity index is 2.82. The molecule has 14 heavy (non-hydrogen) atoms. The number of aryl methyl sites for hydroxylation is 1. The molecule has 0 aliphatic rings. The maximum atomic E-state index is 10.4. The van der Waals surface area contributed by atoms with Gasteiger partial charge in [0.2, 0.25) is 5.82 Å².